The van der Waals surface area contributed by atoms with E-state index < -0.39 is 0 Å². The Morgan fingerprint density at radius 3 is 2.09 bits per heavy atom. The molecular formula is C9H17NO. The molecule has 2 nitrogen and oxygen atoms in total. The summed E-state index contributed by atoms with van der Waals surface area (Å²) in [4.78, 5) is 0. The van der Waals surface area contributed by atoms with E-state index in [1.165, 1.54) is 19.3 Å². The molecule has 64 valence electrons. The Kier molecular flexibility index (Phi) is 1.52. The predicted octanol–water partition coefficient (Wildman–Crippen LogP) is 1.16. The van der Waals surface area contributed by atoms with Gasteiger partial charge in [0, 0.05) is 11.0 Å². The largest absolute Gasteiger partial charge is 0.380 e. The molecule has 1 aliphatic heterocycles. The van der Waals surface area contributed by atoms with Gasteiger partial charge in [-0.2, -0.15) is 0 Å². The van der Waals surface area contributed by atoms with Gasteiger partial charge in [0.15, 0.2) is 0 Å². The molecule has 1 saturated heterocycles. The molecular weight excluding hydrogens is 138 g/mol. The molecule has 2 heteroatoms. The predicted molar refractivity (Wildman–Crippen MR) is 44.6 cm³/mol. The van der Waals surface area contributed by atoms with Gasteiger partial charge in [0.1, 0.15) is 0 Å². The normalized spacial score (nSPS) is 31.1. The second-order valence-corrected chi connectivity index (χ2v) is 3.96. The van der Waals surface area contributed by atoms with Crippen molar-refractivity contribution >= 4 is 0 Å². The highest BCUT2D eigenvalue weighted by atomic mass is 16.5. The summed E-state index contributed by atoms with van der Waals surface area (Å²) in [5.41, 5.74) is 0.946. The first-order chi connectivity index (χ1) is 5.29. The molecule has 1 saturated carbocycles. The molecule has 0 bridgehead atoms. The van der Waals surface area contributed by atoms with Crippen molar-refractivity contribution in [3.05, 3.63) is 0 Å². The van der Waals surface area contributed by atoms with Gasteiger partial charge in [-0.25, -0.2) is 0 Å². The van der Waals surface area contributed by atoms with E-state index in [2.05, 4.69) is 19.3 Å². The minimum absolute atomic E-state index is 0.458. The van der Waals surface area contributed by atoms with E-state index in [-0.39, 0.29) is 0 Å². The fraction of sp³-hybridized carbons (Fsp3) is 1.00. The Bertz CT molecular complexity index is 153. The molecule has 2 aliphatic rings. The van der Waals surface area contributed by atoms with Gasteiger partial charge in [0.05, 0.1) is 13.2 Å². The van der Waals surface area contributed by atoms with Gasteiger partial charge in [-0.3, -0.25) is 0 Å². The Morgan fingerprint density at radius 1 is 1.36 bits per heavy atom. The smallest absolute Gasteiger partial charge is 0.0562 e. The average molecular weight is 155 g/mol. The lowest BCUT2D eigenvalue weighted by molar-refractivity contribution is -0.140. The van der Waals surface area contributed by atoms with Crippen molar-refractivity contribution in [2.45, 2.75) is 31.7 Å². The maximum absolute atomic E-state index is 5.32. The maximum Gasteiger partial charge on any atom is 0.0562 e. The fourth-order valence-corrected chi connectivity index (χ4v) is 2.34. The van der Waals surface area contributed by atoms with Crippen LogP contribution in [0.3, 0.4) is 0 Å². The number of rotatable bonds is 3. The van der Waals surface area contributed by atoms with Gasteiger partial charge in [-0.05, 0) is 26.3 Å². The molecule has 1 heterocycles. The van der Waals surface area contributed by atoms with Crippen molar-refractivity contribution in [1.29, 1.82) is 0 Å². The molecule has 2 rings (SSSR count). The van der Waals surface area contributed by atoms with Crippen LogP contribution in [-0.2, 0) is 4.74 Å². The molecule has 0 unspecified atom stereocenters. The maximum atomic E-state index is 5.32. The molecule has 0 aromatic carbocycles. The average Bonchev–Trinajstić information content (AvgIpc) is 2.68. The van der Waals surface area contributed by atoms with Crippen LogP contribution in [0.4, 0.5) is 0 Å². The highest BCUT2D eigenvalue weighted by molar-refractivity contribution is 5.16. The lowest BCUT2D eigenvalue weighted by atomic mass is 9.74. The molecule has 0 aromatic heterocycles. The minimum atomic E-state index is 0.458. The van der Waals surface area contributed by atoms with Crippen LogP contribution in [0, 0.1) is 5.41 Å². The van der Waals surface area contributed by atoms with E-state index in [0.717, 1.165) is 13.2 Å². The first kappa shape index (κ1) is 7.56. The van der Waals surface area contributed by atoms with Crippen molar-refractivity contribution in [3.8, 4) is 0 Å². The third kappa shape index (κ3) is 0.798. The SMILES string of the molecule is CCC1(C2(NC)CC2)COC1. The first-order valence-electron chi connectivity index (χ1n) is 4.55. The zero-order valence-electron chi connectivity index (χ0n) is 7.44. The summed E-state index contributed by atoms with van der Waals surface area (Å²) in [6.07, 6.45) is 3.95. The fourth-order valence-electron chi connectivity index (χ4n) is 2.34. The van der Waals surface area contributed by atoms with Crippen LogP contribution in [0.1, 0.15) is 26.2 Å². The van der Waals surface area contributed by atoms with E-state index in [9.17, 15) is 0 Å². The summed E-state index contributed by atoms with van der Waals surface area (Å²) in [5.74, 6) is 0. The molecule has 11 heavy (non-hydrogen) atoms. The second kappa shape index (κ2) is 2.20. The van der Waals surface area contributed by atoms with Crippen LogP contribution >= 0.6 is 0 Å². The summed E-state index contributed by atoms with van der Waals surface area (Å²) in [6, 6.07) is 0. The van der Waals surface area contributed by atoms with Gasteiger partial charge in [-0.15, -0.1) is 0 Å². The van der Waals surface area contributed by atoms with E-state index in [4.69, 9.17) is 4.74 Å². The van der Waals surface area contributed by atoms with Crippen LogP contribution in [0.5, 0.6) is 0 Å². The van der Waals surface area contributed by atoms with E-state index in [1.807, 2.05) is 0 Å². The van der Waals surface area contributed by atoms with Gasteiger partial charge in [0.25, 0.3) is 0 Å². The summed E-state index contributed by atoms with van der Waals surface area (Å²) < 4.78 is 5.32. The molecule has 1 aliphatic carbocycles. The molecule has 0 atom stereocenters. The van der Waals surface area contributed by atoms with Gasteiger partial charge < -0.3 is 10.1 Å². The summed E-state index contributed by atoms with van der Waals surface area (Å²) in [6.45, 7) is 4.23. The van der Waals surface area contributed by atoms with Crippen LogP contribution in [0.2, 0.25) is 0 Å². The highest BCUT2D eigenvalue weighted by Gasteiger charge is 2.60. The highest BCUT2D eigenvalue weighted by Crippen LogP contribution is 2.55. The molecule has 0 aromatic rings. The Labute approximate surface area is 68.3 Å². The van der Waals surface area contributed by atoms with Crippen LogP contribution in [-0.4, -0.2) is 25.8 Å². The van der Waals surface area contributed by atoms with Crippen molar-refractivity contribution in [3.63, 3.8) is 0 Å². The quantitative estimate of drug-likeness (QED) is 0.660. The van der Waals surface area contributed by atoms with Crippen molar-refractivity contribution in [1.82, 2.24) is 5.32 Å². The van der Waals surface area contributed by atoms with Crippen molar-refractivity contribution in [2.75, 3.05) is 20.3 Å². The lowest BCUT2D eigenvalue weighted by Crippen LogP contribution is -2.57. The number of nitrogens with one attached hydrogen (secondary N) is 1. The standard InChI is InChI=1S/C9H17NO/c1-3-8(6-11-7-8)9(10-2)4-5-9/h10H,3-7H2,1-2H3. The molecule has 0 radical (unpaired) electrons. The molecule has 0 amide bonds. The first-order valence-corrected chi connectivity index (χ1v) is 4.55. The third-order valence-corrected chi connectivity index (χ3v) is 3.68. The zero-order chi connectivity index (χ0) is 7.95. The topological polar surface area (TPSA) is 21.3 Å². The molecule has 0 spiro atoms. The zero-order valence-corrected chi connectivity index (χ0v) is 7.44. The summed E-state index contributed by atoms with van der Waals surface area (Å²) in [5, 5.41) is 3.47. The second-order valence-electron chi connectivity index (χ2n) is 3.96. The van der Waals surface area contributed by atoms with E-state index in [1.54, 1.807) is 0 Å². The number of hydrogen-bond donors (Lipinski definition) is 1. The summed E-state index contributed by atoms with van der Waals surface area (Å²) >= 11 is 0. The number of ether oxygens (including phenoxy) is 1. The molecule has 1 N–H and O–H groups in total. The van der Waals surface area contributed by atoms with E-state index in [0.29, 0.717) is 11.0 Å². The Hall–Kier alpha value is -0.0800. The van der Waals surface area contributed by atoms with Crippen LogP contribution in [0.25, 0.3) is 0 Å². The van der Waals surface area contributed by atoms with Crippen LogP contribution in [0.15, 0.2) is 0 Å². The minimum Gasteiger partial charge on any atom is -0.380 e. The van der Waals surface area contributed by atoms with Gasteiger partial charge in [0.2, 0.25) is 0 Å². The Morgan fingerprint density at radius 2 is 2.00 bits per heavy atom. The monoisotopic (exact) mass is 155 g/mol. The Balaban J connectivity index is 2.11. The number of hydrogen-bond acceptors (Lipinski definition) is 2. The van der Waals surface area contributed by atoms with E-state index >= 15 is 0 Å². The van der Waals surface area contributed by atoms with Gasteiger partial charge >= 0.3 is 0 Å². The summed E-state index contributed by atoms with van der Waals surface area (Å²) in [7, 11) is 2.09. The van der Waals surface area contributed by atoms with Crippen molar-refractivity contribution < 1.29 is 4.74 Å². The third-order valence-electron chi connectivity index (χ3n) is 3.68. The molecule has 2 fully saturated rings. The lowest BCUT2D eigenvalue weighted by Gasteiger charge is -2.47. The van der Waals surface area contributed by atoms with Crippen LogP contribution < -0.4 is 5.32 Å². The van der Waals surface area contributed by atoms with Crippen molar-refractivity contribution in [2.24, 2.45) is 5.41 Å². The van der Waals surface area contributed by atoms with Gasteiger partial charge in [-0.1, -0.05) is 6.92 Å².